The third-order valence-corrected chi connectivity index (χ3v) is 3.81. The van der Waals surface area contributed by atoms with E-state index in [1.165, 1.54) is 5.56 Å². The molecule has 5 heteroatoms. The average molecular weight is 313 g/mol. The van der Waals surface area contributed by atoms with Crippen molar-refractivity contribution < 1.29 is 4.74 Å². The van der Waals surface area contributed by atoms with E-state index in [0.29, 0.717) is 0 Å². The Morgan fingerprint density at radius 2 is 2.35 bits per heavy atom. The lowest BCUT2D eigenvalue weighted by molar-refractivity contribution is 0.414. The maximum atomic E-state index is 5.19. The molecule has 3 nitrogen and oxygen atoms in total. The van der Waals surface area contributed by atoms with Gasteiger partial charge >= 0.3 is 0 Å². The van der Waals surface area contributed by atoms with Crippen molar-refractivity contribution in [2.24, 2.45) is 0 Å². The van der Waals surface area contributed by atoms with Gasteiger partial charge in [0.05, 0.1) is 7.11 Å². The number of hydrogen-bond donors (Lipinski definition) is 1. The molecule has 1 heterocycles. The summed E-state index contributed by atoms with van der Waals surface area (Å²) in [6.45, 7) is 0.868. The van der Waals surface area contributed by atoms with Crippen LogP contribution in [0, 0.1) is 0 Å². The van der Waals surface area contributed by atoms with Crippen molar-refractivity contribution in [3.05, 3.63) is 39.8 Å². The van der Waals surface area contributed by atoms with Gasteiger partial charge in [0.2, 0.25) is 0 Å². The predicted molar refractivity (Wildman–Crippen MR) is 75.0 cm³/mol. The minimum absolute atomic E-state index is 0.868. The lowest BCUT2D eigenvalue weighted by Crippen LogP contribution is -2.04. The molecule has 0 aliphatic rings. The minimum Gasteiger partial charge on any atom is -0.497 e. The fourth-order valence-corrected chi connectivity index (χ4v) is 2.65. The van der Waals surface area contributed by atoms with Gasteiger partial charge in [-0.25, -0.2) is 4.98 Å². The lowest BCUT2D eigenvalue weighted by Gasteiger charge is -2.05. The highest BCUT2D eigenvalue weighted by atomic mass is 79.9. The molecule has 90 valence electrons. The average Bonchev–Trinajstić information content (AvgIpc) is 2.75. The van der Waals surface area contributed by atoms with Gasteiger partial charge in [-0.3, -0.25) is 0 Å². The molecule has 0 amide bonds. The van der Waals surface area contributed by atoms with Gasteiger partial charge in [-0.15, -0.1) is 11.3 Å². The SMILES string of the molecule is COc1cccc(CCNc2nc(Br)cs2)c1. The summed E-state index contributed by atoms with van der Waals surface area (Å²) in [4.78, 5) is 4.27. The number of thiazole rings is 1. The second-order valence-electron chi connectivity index (χ2n) is 3.50. The molecule has 0 spiro atoms. The molecule has 0 saturated carbocycles. The molecule has 0 saturated heterocycles. The second-order valence-corrected chi connectivity index (χ2v) is 5.17. The lowest BCUT2D eigenvalue weighted by atomic mass is 10.1. The highest BCUT2D eigenvalue weighted by molar-refractivity contribution is 9.10. The molecular formula is C12H13BrN2OS. The monoisotopic (exact) mass is 312 g/mol. The number of halogens is 1. The van der Waals surface area contributed by atoms with E-state index >= 15 is 0 Å². The van der Waals surface area contributed by atoms with Crippen molar-refractivity contribution in [3.63, 3.8) is 0 Å². The topological polar surface area (TPSA) is 34.1 Å². The summed E-state index contributed by atoms with van der Waals surface area (Å²) in [6, 6.07) is 8.12. The molecule has 0 radical (unpaired) electrons. The molecule has 0 unspecified atom stereocenters. The standard InChI is InChI=1S/C12H13BrN2OS/c1-16-10-4-2-3-9(7-10)5-6-14-12-15-11(13)8-17-12/h2-4,7-8H,5-6H2,1H3,(H,14,15). The summed E-state index contributed by atoms with van der Waals surface area (Å²) >= 11 is 4.93. The Bertz CT molecular complexity index is 487. The largest absolute Gasteiger partial charge is 0.497 e. The molecule has 1 N–H and O–H groups in total. The third-order valence-electron chi connectivity index (χ3n) is 2.30. The van der Waals surface area contributed by atoms with Crippen LogP contribution in [0.15, 0.2) is 34.2 Å². The van der Waals surface area contributed by atoms with Gasteiger partial charge in [-0.2, -0.15) is 0 Å². The molecule has 1 aromatic carbocycles. The summed E-state index contributed by atoms with van der Waals surface area (Å²) in [5.41, 5.74) is 1.26. The highest BCUT2D eigenvalue weighted by Crippen LogP contribution is 2.19. The number of rotatable bonds is 5. The number of anilines is 1. The zero-order valence-corrected chi connectivity index (χ0v) is 11.8. The first-order valence-electron chi connectivity index (χ1n) is 5.26. The molecule has 17 heavy (non-hydrogen) atoms. The molecular weight excluding hydrogens is 300 g/mol. The molecule has 2 aromatic rings. The second kappa shape index (κ2) is 6.02. The number of nitrogens with zero attached hydrogens (tertiary/aromatic N) is 1. The first kappa shape index (κ1) is 12.4. The van der Waals surface area contributed by atoms with Crippen molar-refractivity contribution in [3.8, 4) is 5.75 Å². The van der Waals surface area contributed by atoms with E-state index in [1.807, 2.05) is 17.5 Å². The summed E-state index contributed by atoms with van der Waals surface area (Å²) in [6.07, 6.45) is 0.953. The number of benzene rings is 1. The van der Waals surface area contributed by atoms with Gasteiger partial charge < -0.3 is 10.1 Å². The van der Waals surface area contributed by atoms with E-state index < -0.39 is 0 Å². The number of ether oxygens (including phenoxy) is 1. The summed E-state index contributed by atoms with van der Waals surface area (Å²) < 4.78 is 6.07. The van der Waals surface area contributed by atoms with E-state index in [0.717, 1.165) is 28.4 Å². The van der Waals surface area contributed by atoms with Crippen molar-refractivity contribution in [2.45, 2.75) is 6.42 Å². The van der Waals surface area contributed by atoms with Gasteiger partial charge in [0.15, 0.2) is 5.13 Å². The molecule has 0 aliphatic carbocycles. The van der Waals surface area contributed by atoms with Crippen LogP contribution in [0.1, 0.15) is 5.56 Å². The zero-order chi connectivity index (χ0) is 12.1. The van der Waals surface area contributed by atoms with Crippen molar-refractivity contribution in [1.82, 2.24) is 4.98 Å². The van der Waals surface area contributed by atoms with Crippen LogP contribution < -0.4 is 10.1 Å². The molecule has 1 aromatic heterocycles. The van der Waals surface area contributed by atoms with Gasteiger partial charge in [0, 0.05) is 11.9 Å². The predicted octanol–water partition coefficient (Wildman–Crippen LogP) is 3.57. The quantitative estimate of drug-likeness (QED) is 0.916. The summed E-state index contributed by atoms with van der Waals surface area (Å²) in [5, 5.41) is 6.20. The first-order chi connectivity index (χ1) is 8.28. The zero-order valence-electron chi connectivity index (χ0n) is 9.44. The Labute approximate surface area is 113 Å². The Hall–Kier alpha value is -1.07. The van der Waals surface area contributed by atoms with Gasteiger partial charge in [-0.05, 0) is 40.0 Å². The fourth-order valence-electron chi connectivity index (χ4n) is 1.48. The molecule has 0 fully saturated rings. The van der Waals surface area contributed by atoms with Crippen LogP contribution in [0.5, 0.6) is 5.75 Å². The summed E-state index contributed by atoms with van der Waals surface area (Å²) in [7, 11) is 1.68. The van der Waals surface area contributed by atoms with Crippen LogP contribution in [0.3, 0.4) is 0 Å². The van der Waals surface area contributed by atoms with Gasteiger partial charge in [0.25, 0.3) is 0 Å². The van der Waals surface area contributed by atoms with Gasteiger partial charge in [0.1, 0.15) is 10.4 Å². The summed E-state index contributed by atoms with van der Waals surface area (Å²) in [5.74, 6) is 0.902. The number of aromatic nitrogens is 1. The van der Waals surface area contributed by atoms with Crippen LogP contribution in [-0.4, -0.2) is 18.6 Å². The molecule has 0 bridgehead atoms. The maximum absolute atomic E-state index is 5.19. The minimum atomic E-state index is 0.868. The van der Waals surface area contributed by atoms with E-state index in [-0.39, 0.29) is 0 Å². The Kier molecular flexibility index (Phi) is 4.39. The smallest absolute Gasteiger partial charge is 0.183 e. The molecule has 0 atom stereocenters. The van der Waals surface area contributed by atoms with Crippen LogP contribution in [0.2, 0.25) is 0 Å². The van der Waals surface area contributed by atoms with Crippen LogP contribution in [-0.2, 0) is 6.42 Å². The Morgan fingerprint density at radius 3 is 3.06 bits per heavy atom. The van der Waals surface area contributed by atoms with Crippen molar-refractivity contribution in [1.29, 1.82) is 0 Å². The van der Waals surface area contributed by atoms with Gasteiger partial charge in [-0.1, -0.05) is 12.1 Å². The fraction of sp³-hybridized carbons (Fsp3) is 0.250. The number of nitrogens with one attached hydrogen (secondary N) is 1. The van der Waals surface area contributed by atoms with Crippen LogP contribution in [0.4, 0.5) is 5.13 Å². The number of hydrogen-bond acceptors (Lipinski definition) is 4. The molecule has 0 aliphatic heterocycles. The Balaban J connectivity index is 1.85. The van der Waals surface area contributed by atoms with Crippen molar-refractivity contribution in [2.75, 3.05) is 19.0 Å². The molecule has 2 rings (SSSR count). The first-order valence-corrected chi connectivity index (χ1v) is 6.93. The highest BCUT2D eigenvalue weighted by Gasteiger charge is 1.99. The van der Waals surface area contributed by atoms with E-state index in [2.05, 4.69) is 38.4 Å². The van der Waals surface area contributed by atoms with E-state index in [4.69, 9.17) is 4.74 Å². The maximum Gasteiger partial charge on any atom is 0.183 e. The van der Waals surface area contributed by atoms with Crippen LogP contribution >= 0.6 is 27.3 Å². The normalized spacial score (nSPS) is 10.2. The van der Waals surface area contributed by atoms with Crippen molar-refractivity contribution >= 4 is 32.4 Å². The number of methoxy groups -OCH3 is 1. The van der Waals surface area contributed by atoms with E-state index in [9.17, 15) is 0 Å². The third kappa shape index (κ3) is 3.71. The van der Waals surface area contributed by atoms with E-state index in [1.54, 1.807) is 18.4 Å². The van der Waals surface area contributed by atoms with Crippen LogP contribution in [0.25, 0.3) is 0 Å². The Morgan fingerprint density at radius 1 is 1.47 bits per heavy atom.